The number of thiazole rings is 1. The van der Waals surface area contributed by atoms with Crippen LogP contribution >= 0.6 is 11.3 Å². The molecule has 6 nitrogen and oxygen atoms in total. The van der Waals surface area contributed by atoms with Gasteiger partial charge in [0.15, 0.2) is 5.69 Å². The second-order valence-electron chi connectivity index (χ2n) is 5.73. The number of benzene rings is 2. The molecule has 0 aliphatic rings. The van der Waals surface area contributed by atoms with Crippen LogP contribution in [0.15, 0.2) is 60.9 Å². The third-order valence-electron chi connectivity index (χ3n) is 4.04. The number of ether oxygens (including phenoxy) is 1. The molecule has 2 aromatic carbocycles. The van der Waals surface area contributed by atoms with Gasteiger partial charge in [-0.3, -0.25) is 4.79 Å². The van der Waals surface area contributed by atoms with Gasteiger partial charge >= 0.3 is 0 Å². The van der Waals surface area contributed by atoms with Gasteiger partial charge in [0.05, 0.1) is 17.3 Å². The summed E-state index contributed by atoms with van der Waals surface area (Å²) >= 11 is 1.49. The number of nitrogens with zero attached hydrogens (tertiary/aromatic N) is 3. The average molecular weight is 376 g/mol. The number of amides is 1. The molecule has 134 valence electrons. The molecule has 7 heteroatoms. The molecule has 0 bridgehead atoms. The maximum Gasteiger partial charge on any atom is 0.272 e. The standard InChI is InChI=1S/C20H16N4O2S/c1-26-15-8-4-2-6-13(15)12-23-19(25)17-18(22-11-10-21-17)20-24-14-7-3-5-9-16(14)27-20/h2-11H,12H2,1H3,(H,23,25). The first-order chi connectivity index (χ1) is 13.3. The Balaban J connectivity index is 1.61. The number of carbonyl (C=O) groups excluding carboxylic acids is 1. The highest BCUT2D eigenvalue weighted by Gasteiger charge is 2.19. The molecule has 0 saturated carbocycles. The lowest BCUT2D eigenvalue weighted by Gasteiger charge is -2.10. The number of hydrogen-bond donors (Lipinski definition) is 1. The molecule has 27 heavy (non-hydrogen) atoms. The van der Waals surface area contributed by atoms with Gasteiger partial charge in [0.25, 0.3) is 5.91 Å². The van der Waals surface area contributed by atoms with Gasteiger partial charge in [-0.15, -0.1) is 11.3 Å². The van der Waals surface area contributed by atoms with E-state index in [9.17, 15) is 4.79 Å². The van der Waals surface area contributed by atoms with Crippen molar-refractivity contribution in [1.82, 2.24) is 20.3 Å². The van der Waals surface area contributed by atoms with Gasteiger partial charge in [-0.1, -0.05) is 30.3 Å². The van der Waals surface area contributed by atoms with E-state index in [0.29, 0.717) is 17.2 Å². The van der Waals surface area contributed by atoms with E-state index >= 15 is 0 Å². The van der Waals surface area contributed by atoms with Crippen molar-refractivity contribution < 1.29 is 9.53 Å². The van der Waals surface area contributed by atoms with Gasteiger partial charge < -0.3 is 10.1 Å². The molecule has 1 amide bonds. The minimum absolute atomic E-state index is 0.256. The van der Waals surface area contributed by atoms with E-state index in [1.165, 1.54) is 17.5 Å². The molecular weight excluding hydrogens is 360 g/mol. The summed E-state index contributed by atoms with van der Waals surface area (Å²) in [4.78, 5) is 25.9. The summed E-state index contributed by atoms with van der Waals surface area (Å²) in [5, 5.41) is 3.56. The molecule has 4 rings (SSSR count). The second kappa shape index (κ2) is 7.51. The van der Waals surface area contributed by atoms with Gasteiger partial charge in [0.1, 0.15) is 16.5 Å². The van der Waals surface area contributed by atoms with Crippen molar-refractivity contribution in [3.63, 3.8) is 0 Å². The van der Waals surface area contributed by atoms with Gasteiger partial charge in [0, 0.05) is 24.5 Å². The highest BCUT2D eigenvalue weighted by Crippen LogP contribution is 2.30. The summed E-state index contributed by atoms with van der Waals surface area (Å²) in [6.45, 7) is 0.332. The Morgan fingerprint density at radius 3 is 2.70 bits per heavy atom. The van der Waals surface area contributed by atoms with Crippen LogP contribution in [0.4, 0.5) is 0 Å². The van der Waals surface area contributed by atoms with E-state index in [0.717, 1.165) is 21.5 Å². The molecule has 2 aromatic heterocycles. The molecule has 0 unspecified atom stereocenters. The van der Waals surface area contributed by atoms with Gasteiger partial charge in [-0.05, 0) is 18.2 Å². The normalized spacial score (nSPS) is 10.7. The van der Waals surface area contributed by atoms with Crippen LogP contribution in [0, 0.1) is 0 Å². The molecule has 0 spiro atoms. The fourth-order valence-electron chi connectivity index (χ4n) is 2.74. The Morgan fingerprint density at radius 1 is 1.07 bits per heavy atom. The SMILES string of the molecule is COc1ccccc1CNC(=O)c1nccnc1-c1nc2ccccc2s1. The van der Waals surface area contributed by atoms with Crippen LogP contribution in [0.5, 0.6) is 5.75 Å². The van der Waals surface area contributed by atoms with Gasteiger partial charge in [0.2, 0.25) is 0 Å². The number of rotatable bonds is 5. The molecule has 0 atom stereocenters. The predicted octanol–water partition coefficient (Wildman–Crippen LogP) is 3.69. The number of fused-ring (bicyclic) bond motifs is 1. The smallest absolute Gasteiger partial charge is 0.272 e. The van der Waals surface area contributed by atoms with Crippen molar-refractivity contribution in [1.29, 1.82) is 0 Å². The average Bonchev–Trinajstić information content (AvgIpc) is 3.16. The first-order valence-electron chi connectivity index (χ1n) is 8.33. The van der Waals surface area contributed by atoms with Gasteiger partial charge in [-0.25, -0.2) is 15.0 Å². The molecule has 1 N–H and O–H groups in total. The minimum atomic E-state index is -0.303. The zero-order chi connectivity index (χ0) is 18.6. The molecule has 0 aliphatic carbocycles. The molecule has 0 radical (unpaired) electrons. The Labute approximate surface area is 159 Å². The molecular formula is C20H16N4O2S. The van der Waals surface area contributed by atoms with Crippen molar-refractivity contribution in [3.8, 4) is 16.5 Å². The molecule has 4 aromatic rings. The third-order valence-corrected chi connectivity index (χ3v) is 5.08. The molecule has 0 aliphatic heterocycles. The van der Waals surface area contributed by atoms with Crippen LogP contribution in [0.25, 0.3) is 20.9 Å². The number of hydrogen-bond acceptors (Lipinski definition) is 6. The molecule has 2 heterocycles. The lowest BCUT2D eigenvalue weighted by Crippen LogP contribution is -2.25. The summed E-state index contributed by atoms with van der Waals surface area (Å²) in [6, 6.07) is 15.4. The lowest BCUT2D eigenvalue weighted by molar-refractivity contribution is 0.0946. The Morgan fingerprint density at radius 2 is 1.85 bits per heavy atom. The van der Waals surface area contributed by atoms with Crippen molar-refractivity contribution in [2.24, 2.45) is 0 Å². The predicted molar refractivity (Wildman–Crippen MR) is 105 cm³/mol. The van der Waals surface area contributed by atoms with E-state index < -0.39 is 0 Å². The Kier molecular flexibility index (Phi) is 4.76. The van der Waals surface area contributed by atoms with Crippen LogP contribution in [0.2, 0.25) is 0 Å². The fourth-order valence-corrected chi connectivity index (χ4v) is 3.71. The summed E-state index contributed by atoms with van der Waals surface area (Å²) in [5.41, 5.74) is 2.50. The summed E-state index contributed by atoms with van der Waals surface area (Å²) in [5.74, 6) is 0.423. The van der Waals surface area contributed by atoms with Crippen LogP contribution < -0.4 is 10.1 Å². The Bertz CT molecular complexity index is 1080. The van der Waals surface area contributed by atoms with E-state index in [2.05, 4.69) is 20.3 Å². The van der Waals surface area contributed by atoms with Crippen LogP contribution in [0.1, 0.15) is 16.1 Å². The first-order valence-corrected chi connectivity index (χ1v) is 9.15. The van der Waals surface area contributed by atoms with E-state index in [4.69, 9.17) is 4.74 Å². The minimum Gasteiger partial charge on any atom is -0.496 e. The lowest BCUT2D eigenvalue weighted by atomic mass is 10.2. The maximum absolute atomic E-state index is 12.7. The summed E-state index contributed by atoms with van der Waals surface area (Å²) < 4.78 is 6.36. The third kappa shape index (κ3) is 3.50. The number of aromatic nitrogens is 3. The van der Waals surface area contributed by atoms with Crippen LogP contribution in [-0.4, -0.2) is 28.0 Å². The van der Waals surface area contributed by atoms with E-state index in [1.54, 1.807) is 13.3 Å². The first kappa shape index (κ1) is 17.1. The zero-order valence-electron chi connectivity index (χ0n) is 14.5. The summed E-state index contributed by atoms with van der Waals surface area (Å²) in [6.07, 6.45) is 3.08. The molecule has 0 fully saturated rings. The highest BCUT2D eigenvalue weighted by molar-refractivity contribution is 7.21. The largest absolute Gasteiger partial charge is 0.496 e. The van der Waals surface area contributed by atoms with Gasteiger partial charge in [-0.2, -0.15) is 0 Å². The van der Waals surface area contributed by atoms with Crippen molar-refractivity contribution in [3.05, 3.63) is 72.2 Å². The van der Waals surface area contributed by atoms with E-state index in [1.807, 2.05) is 48.5 Å². The fraction of sp³-hybridized carbons (Fsp3) is 0.100. The van der Waals surface area contributed by atoms with Crippen molar-refractivity contribution >= 4 is 27.5 Å². The number of carbonyl (C=O) groups is 1. The number of methoxy groups -OCH3 is 1. The monoisotopic (exact) mass is 376 g/mol. The highest BCUT2D eigenvalue weighted by atomic mass is 32.1. The molecule has 0 saturated heterocycles. The second-order valence-corrected chi connectivity index (χ2v) is 6.77. The van der Waals surface area contributed by atoms with Crippen molar-refractivity contribution in [2.45, 2.75) is 6.54 Å². The van der Waals surface area contributed by atoms with E-state index in [-0.39, 0.29) is 11.6 Å². The number of nitrogens with one attached hydrogen (secondary N) is 1. The number of para-hydroxylation sites is 2. The van der Waals surface area contributed by atoms with Crippen LogP contribution in [-0.2, 0) is 6.54 Å². The van der Waals surface area contributed by atoms with Crippen molar-refractivity contribution in [2.75, 3.05) is 7.11 Å². The van der Waals surface area contributed by atoms with Crippen LogP contribution in [0.3, 0.4) is 0 Å². The Hall–Kier alpha value is -3.32. The topological polar surface area (TPSA) is 77.0 Å². The maximum atomic E-state index is 12.7. The zero-order valence-corrected chi connectivity index (χ0v) is 15.4. The quantitative estimate of drug-likeness (QED) is 0.575. The summed E-state index contributed by atoms with van der Waals surface area (Å²) in [7, 11) is 1.61.